The van der Waals surface area contributed by atoms with Gasteiger partial charge in [-0.3, -0.25) is 4.55 Å². The number of para-hydroxylation sites is 2. The van der Waals surface area contributed by atoms with Gasteiger partial charge in [0, 0.05) is 0 Å². The van der Waals surface area contributed by atoms with Gasteiger partial charge in [0.2, 0.25) is 0 Å². The molecule has 1 aromatic heterocycles. The zero-order valence-electron chi connectivity index (χ0n) is 10.4. The topological polar surface area (TPSA) is 83.1 Å². The lowest BCUT2D eigenvalue weighted by Crippen LogP contribution is -2.03. The molecule has 0 saturated carbocycles. The first-order valence-corrected chi connectivity index (χ1v) is 8.77. The Morgan fingerprint density at radius 3 is 2.79 bits per heavy atom. The van der Waals surface area contributed by atoms with Crippen molar-refractivity contribution in [1.82, 2.24) is 9.97 Å². The van der Waals surface area contributed by atoms with Crippen LogP contribution in [0.15, 0.2) is 24.3 Å². The molecule has 2 N–H and O–H groups in total. The van der Waals surface area contributed by atoms with Crippen LogP contribution in [0.1, 0.15) is 18.7 Å². The lowest BCUT2D eigenvalue weighted by atomic mass is 10.3. The molecule has 0 radical (unpaired) electrons. The van der Waals surface area contributed by atoms with Crippen molar-refractivity contribution in [2.24, 2.45) is 0 Å². The highest BCUT2D eigenvalue weighted by Crippen LogP contribution is 2.16. The molecule has 0 bridgehead atoms. The molecule has 1 heterocycles. The van der Waals surface area contributed by atoms with Crippen molar-refractivity contribution >= 4 is 32.9 Å². The maximum absolute atomic E-state index is 10.5. The molecule has 0 atom stereocenters. The van der Waals surface area contributed by atoms with Gasteiger partial charge in [0.1, 0.15) is 5.82 Å². The highest BCUT2D eigenvalue weighted by molar-refractivity contribution is 7.98. The van der Waals surface area contributed by atoms with E-state index in [9.17, 15) is 8.42 Å². The third-order valence-corrected chi connectivity index (χ3v) is 4.48. The minimum atomic E-state index is -3.81. The number of fused-ring (bicyclic) bond motifs is 1. The first kappa shape index (κ1) is 14.4. The average Bonchev–Trinajstić information content (AvgIpc) is 2.74. The van der Waals surface area contributed by atoms with E-state index >= 15 is 0 Å². The Morgan fingerprint density at radius 1 is 1.26 bits per heavy atom. The Hall–Kier alpha value is -1.05. The van der Waals surface area contributed by atoms with Crippen molar-refractivity contribution in [3.05, 3.63) is 30.1 Å². The quantitative estimate of drug-likeness (QED) is 0.606. The second-order valence-corrected chi connectivity index (χ2v) is 6.92. The normalized spacial score (nSPS) is 12.1. The Labute approximate surface area is 116 Å². The lowest BCUT2D eigenvalue weighted by Gasteiger charge is -1.99. The van der Waals surface area contributed by atoms with Crippen LogP contribution in [0.4, 0.5) is 0 Å². The van der Waals surface area contributed by atoms with Crippen LogP contribution >= 0.6 is 11.8 Å². The van der Waals surface area contributed by atoms with E-state index in [1.54, 1.807) is 11.8 Å². The predicted octanol–water partition coefficient (Wildman–Crippen LogP) is 2.46. The van der Waals surface area contributed by atoms with Crippen LogP contribution in [0.3, 0.4) is 0 Å². The fraction of sp³-hybridized carbons (Fsp3) is 0.417. The number of nitrogens with zero attached hydrogens (tertiary/aromatic N) is 1. The fourth-order valence-electron chi connectivity index (χ4n) is 1.73. The molecule has 0 fully saturated rings. The number of aromatic amines is 1. The molecule has 0 aliphatic carbocycles. The predicted molar refractivity (Wildman–Crippen MR) is 77.9 cm³/mol. The largest absolute Gasteiger partial charge is 0.341 e. The lowest BCUT2D eigenvalue weighted by molar-refractivity contribution is 0.481. The summed E-state index contributed by atoms with van der Waals surface area (Å²) in [6.45, 7) is 0. The second kappa shape index (κ2) is 6.40. The summed E-state index contributed by atoms with van der Waals surface area (Å²) < 4.78 is 29.6. The van der Waals surface area contributed by atoms with Gasteiger partial charge < -0.3 is 4.98 Å². The number of imidazole rings is 1. The van der Waals surface area contributed by atoms with Crippen molar-refractivity contribution in [3.63, 3.8) is 0 Å². The minimum absolute atomic E-state index is 0.155. The number of benzene rings is 1. The van der Waals surface area contributed by atoms with Gasteiger partial charge in [-0.1, -0.05) is 12.1 Å². The monoisotopic (exact) mass is 300 g/mol. The van der Waals surface area contributed by atoms with E-state index in [4.69, 9.17) is 4.55 Å². The van der Waals surface area contributed by atoms with Gasteiger partial charge in [-0.25, -0.2) is 4.98 Å². The molecule has 0 spiro atoms. The highest BCUT2D eigenvalue weighted by atomic mass is 32.2. The number of thioether (sulfide) groups is 1. The number of unbranched alkanes of at least 4 members (excludes halogenated alkanes) is 1. The van der Waals surface area contributed by atoms with Gasteiger partial charge in [-0.2, -0.15) is 20.2 Å². The maximum Gasteiger partial charge on any atom is 0.264 e. The Balaban J connectivity index is 1.71. The van der Waals surface area contributed by atoms with Gasteiger partial charge in [-0.15, -0.1) is 0 Å². The van der Waals surface area contributed by atoms with E-state index in [0.29, 0.717) is 6.42 Å². The SMILES string of the molecule is O=S(=O)(O)CCCCSCc1nc2ccccc2[nH]1. The van der Waals surface area contributed by atoms with E-state index in [2.05, 4.69) is 9.97 Å². The number of hydrogen-bond donors (Lipinski definition) is 2. The summed E-state index contributed by atoms with van der Waals surface area (Å²) in [5.74, 6) is 2.41. The Morgan fingerprint density at radius 2 is 2.05 bits per heavy atom. The van der Waals surface area contributed by atoms with E-state index < -0.39 is 10.1 Å². The summed E-state index contributed by atoms with van der Waals surface area (Å²) in [7, 11) is -3.81. The molecule has 104 valence electrons. The van der Waals surface area contributed by atoms with Crippen molar-refractivity contribution in [3.8, 4) is 0 Å². The summed E-state index contributed by atoms with van der Waals surface area (Å²) in [5.41, 5.74) is 1.99. The summed E-state index contributed by atoms with van der Waals surface area (Å²) in [6.07, 6.45) is 1.26. The minimum Gasteiger partial charge on any atom is -0.341 e. The molecule has 1 aromatic carbocycles. The first-order valence-electron chi connectivity index (χ1n) is 6.01. The first-order chi connectivity index (χ1) is 9.04. The molecule has 0 aliphatic heterocycles. The zero-order valence-corrected chi connectivity index (χ0v) is 12.0. The second-order valence-electron chi connectivity index (χ2n) is 4.25. The average molecular weight is 300 g/mol. The molecule has 2 aromatic rings. The molecule has 0 aliphatic rings. The van der Waals surface area contributed by atoms with E-state index in [-0.39, 0.29) is 5.75 Å². The van der Waals surface area contributed by atoms with E-state index in [1.165, 1.54) is 0 Å². The van der Waals surface area contributed by atoms with Crippen molar-refractivity contribution in [2.45, 2.75) is 18.6 Å². The van der Waals surface area contributed by atoms with Gasteiger partial charge >= 0.3 is 0 Å². The van der Waals surface area contributed by atoms with E-state index in [1.807, 2.05) is 24.3 Å². The molecule has 0 unspecified atom stereocenters. The van der Waals surface area contributed by atoms with Crippen LogP contribution in [0.2, 0.25) is 0 Å². The number of nitrogens with one attached hydrogen (secondary N) is 1. The number of aromatic nitrogens is 2. The molecule has 7 heteroatoms. The summed E-state index contributed by atoms with van der Waals surface area (Å²) >= 11 is 1.70. The smallest absolute Gasteiger partial charge is 0.264 e. The van der Waals surface area contributed by atoms with Crippen LogP contribution in [-0.2, 0) is 15.9 Å². The molecule has 19 heavy (non-hydrogen) atoms. The highest BCUT2D eigenvalue weighted by Gasteiger charge is 2.04. The molecular formula is C12H16N2O3S2. The molecular weight excluding hydrogens is 284 g/mol. The van der Waals surface area contributed by atoms with Crippen molar-refractivity contribution < 1.29 is 13.0 Å². The van der Waals surface area contributed by atoms with E-state index in [0.717, 1.165) is 34.8 Å². The van der Waals surface area contributed by atoms with Crippen LogP contribution in [-0.4, -0.2) is 34.4 Å². The van der Waals surface area contributed by atoms with Crippen LogP contribution in [0, 0.1) is 0 Å². The molecule has 0 saturated heterocycles. The van der Waals surface area contributed by atoms with Crippen LogP contribution < -0.4 is 0 Å². The summed E-state index contributed by atoms with van der Waals surface area (Å²) in [6, 6.07) is 7.87. The Kier molecular flexibility index (Phi) is 4.84. The fourth-order valence-corrected chi connectivity index (χ4v) is 3.18. The maximum atomic E-state index is 10.5. The summed E-state index contributed by atoms with van der Waals surface area (Å²) in [5, 5.41) is 0. The van der Waals surface area contributed by atoms with Crippen LogP contribution in [0.5, 0.6) is 0 Å². The third-order valence-electron chi connectivity index (χ3n) is 2.62. The van der Waals surface area contributed by atoms with Crippen molar-refractivity contribution in [1.29, 1.82) is 0 Å². The Bertz CT molecular complexity index is 604. The van der Waals surface area contributed by atoms with Gasteiger partial charge in [0.15, 0.2) is 0 Å². The van der Waals surface area contributed by atoms with Crippen LogP contribution in [0.25, 0.3) is 11.0 Å². The number of H-pyrrole nitrogens is 1. The standard InChI is InChI=1S/C12H16N2O3S2/c15-19(16,17)8-4-3-7-18-9-12-13-10-5-1-2-6-11(10)14-12/h1-2,5-6H,3-4,7-9H2,(H,13,14)(H,15,16,17). The molecule has 0 amide bonds. The molecule has 2 rings (SSSR count). The number of hydrogen-bond acceptors (Lipinski definition) is 4. The van der Waals surface area contributed by atoms with Gasteiger partial charge in [0.25, 0.3) is 10.1 Å². The van der Waals surface area contributed by atoms with Crippen molar-refractivity contribution in [2.75, 3.05) is 11.5 Å². The third kappa shape index (κ3) is 4.85. The zero-order chi connectivity index (χ0) is 13.7. The molecule has 5 nitrogen and oxygen atoms in total. The summed E-state index contributed by atoms with van der Waals surface area (Å²) in [4.78, 5) is 7.70. The van der Waals surface area contributed by atoms with Gasteiger partial charge in [-0.05, 0) is 30.7 Å². The van der Waals surface area contributed by atoms with Gasteiger partial charge in [0.05, 0.1) is 22.5 Å². The number of rotatable bonds is 7.